The average molecular weight is 306 g/mol. The minimum Gasteiger partial charge on any atom is -0.494 e. The van der Waals surface area contributed by atoms with Crippen LogP contribution in [0.5, 0.6) is 5.75 Å². The summed E-state index contributed by atoms with van der Waals surface area (Å²) in [6.45, 7) is 8.83. The maximum Gasteiger partial charge on any atom is 0.240 e. The largest absolute Gasteiger partial charge is 0.494 e. The van der Waals surface area contributed by atoms with Gasteiger partial charge in [0.15, 0.2) is 0 Å². The summed E-state index contributed by atoms with van der Waals surface area (Å²) >= 11 is 0. The van der Waals surface area contributed by atoms with Crippen molar-refractivity contribution >= 4 is 17.5 Å². The number of carbonyl (C=O) groups is 2. The smallest absolute Gasteiger partial charge is 0.240 e. The number of nitrogens with zero attached hydrogens (tertiary/aromatic N) is 1. The number of ether oxygens (including phenoxy) is 1. The molecular weight excluding hydrogens is 280 g/mol. The highest BCUT2D eigenvalue weighted by molar-refractivity contribution is 5.97. The van der Waals surface area contributed by atoms with Gasteiger partial charge in [0.1, 0.15) is 12.3 Å². The first-order chi connectivity index (χ1) is 10.4. The summed E-state index contributed by atoms with van der Waals surface area (Å²) in [4.78, 5) is 25.2. The minimum absolute atomic E-state index is 0.0292. The van der Waals surface area contributed by atoms with Crippen molar-refractivity contribution in [1.82, 2.24) is 5.32 Å². The Hall–Kier alpha value is -2.04. The first kappa shape index (κ1) is 18.0. The Labute approximate surface area is 132 Å². The van der Waals surface area contributed by atoms with Crippen LogP contribution in [0.4, 0.5) is 5.69 Å². The third-order valence-electron chi connectivity index (χ3n) is 3.19. The SMILES string of the molecule is CCOc1ccc(N(CC(=O)NCCC(C)C)C(C)=O)cc1. The van der Waals surface area contributed by atoms with Gasteiger partial charge in [-0.3, -0.25) is 9.59 Å². The molecule has 0 heterocycles. The number of amides is 2. The van der Waals surface area contributed by atoms with Gasteiger partial charge in [-0.2, -0.15) is 0 Å². The summed E-state index contributed by atoms with van der Waals surface area (Å²) in [5.74, 6) is 0.972. The standard InChI is InChI=1S/C17H26N2O3/c1-5-22-16-8-6-15(7-9-16)19(14(4)20)12-17(21)18-11-10-13(2)3/h6-9,13H,5,10-12H2,1-4H3,(H,18,21). The molecule has 0 bridgehead atoms. The van der Waals surface area contributed by atoms with Crippen molar-refractivity contribution in [3.63, 3.8) is 0 Å². The van der Waals surface area contributed by atoms with E-state index in [1.54, 1.807) is 24.3 Å². The average Bonchev–Trinajstić information content (AvgIpc) is 2.45. The molecule has 0 unspecified atom stereocenters. The van der Waals surface area contributed by atoms with Gasteiger partial charge < -0.3 is 15.0 Å². The summed E-state index contributed by atoms with van der Waals surface area (Å²) in [5, 5.41) is 2.84. The highest BCUT2D eigenvalue weighted by Crippen LogP contribution is 2.19. The van der Waals surface area contributed by atoms with Crippen molar-refractivity contribution in [1.29, 1.82) is 0 Å². The lowest BCUT2D eigenvalue weighted by atomic mass is 10.1. The second-order valence-electron chi connectivity index (χ2n) is 5.56. The molecule has 1 aromatic carbocycles. The predicted octanol–water partition coefficient (Wildman–Crippen LogP) is 2.60. The Bertz CT molecular complexity index is 483. The Balaban J connectivity index is 2.65. The fourth-order valence-corrected chi connectivity index (χ4v) is 1.97. The molecule has 1 N–H and O–H groups in total. The number of carbonyl (C=O) groups excluding carboxylic acids is 2. The van der Waals surface area contributed by atoms with Crippen LogP contribution in [0.1, 0.15) is 34.1 Å². The van der Waals surface area contributed by atoms with Crippen LogP contribution in [0.3, 0.4) is 0 Å². The molecule has 0 spiro atoms. The van der Waals surface area contributed by atoms with Gasteiger partial charge in [0.25, 0.3) is 0 Å². The quantitative estimate of drug-likeness (QED) is 0.803. The van der Waals surface area contributed by atoms with Crippen LogP contribution in [-0.4, -0.2) is 31.5 Å². The molecule has 0 atom stereocenters. The fourth-order valence-electron chi connectivity index (χ4n) is 1.97. The molecule has 0 saturated heterocycles. The van der Waals surface area contributed by atoms with Gasteiger partial charge in [0.05, 0.1) is 6.61 Å². The van der Waals surface area contributed by atoms with E-state index in [1.807, 2.05) is 6.92 Å². The van der Waals surface area contributed by atoms with E-state index in [1.165, 1.54) is 11.8 Å². The molecule has 2 amide bonds. The summed E-state index contributed by atoms with van der Waals surface area (Å²) in [7, 11) is 0. The van der Waals surface area contributed by atoms with Crippen molar-refractivity contribution in [2.24, 2.45) is 5.92 Å². The van der Waals surface area contributed by atoms with E-state index in [9.17, 15) is 9.59 Å². The van der Waals surface area contributed by atoms with Crippen LogP contribution < -0.4 is 15.0 Å². The highest BCUT2D eigenvalue weighted by atomic mass is 16.5. The Morgan fingerprint density at radius 2 is 1.86 bits per heavy atom. The van der Waals surface area contributed by atoms with E-state index < -0.39 is 0 Å². The molecule has 0 aliphatic heterocycles. The van der Waals surface area contributed by atoms with Crippen molar-refractivity contribution < 1.29 is 14.3 Å². The zero-order valence-corrected chi connectivity index (χ0v) is 13.9. The maximum absolute atomic E-state index is 12.0. The number of nitrogens with one attached hydrogen (secondary N) is 1. The normalized spacial score (nSPS) is 10.4. The second-order valence-corrected chi connectivity index (χ2v) is 5.56. The fraction of sp³-hybridized carbons (Fsp3) is 0.529. The van der Waals surface area contributed by atoms with Crippen molar-refractivity contribution in [3.05, 3.63) is 24.3 Å². The zero-order valence-electron chi connectivity index (χ0n) is 13.9. The van der Waals surface area contributed by atoms with Gasteiger partial charge in [-0.05, 0) is 43.5 Å². The van der Waals surface area contributed by atoms with Gasteiger partial charge in [0, 0.05) is 19.2 Å². The predicted molar refractivity (Wildman–Crippen MR) is 88.1 cm³/mol. The summed E-state index contributed by atoms with van der Waals surface area (Å²) in [6, 6.07) is 7.17. The van der Waals surface area contributed by atoms with Gasteiger partial charge in [-0.15, -0.1) is 0 Å². The highest BCUT2D eigenvalue weighted by Gasteiger charge is 2.15. The number of anilines is 1. The van der Waals surface area contributed by atoms with E-state index in [0.717, 1.165) is 12.2 Å². The van der Waals surface area contributed by atoms with Gasteiger partial charge in [0.2, 0.25) is 11.8 Å². The number of benzene rings is 1. The molecule has 5 nitrogen and oxygen atoms in total. The number of rotatable bonds is 8. The third kappa shape index (κ3) is 6.16. The first-order valence-corrected chi connectivity index (χ1v) is 7.71. The Morgan fingerprint density at radius 1 is 1.23 bits per heavy atom. The van der Waals surface area contributed by atoms with Gasteiger partial charge in [-0.1, -0.05) is 13.8 Å². The first-order valence-electron chi connectivity index (χ1n) is 7.71. The lowest BCUT2D eigenvalue weighted by molar-refractivity contribution is -0.123. The number of hydrogen-bond donors (Lipinski definition) is 1. The maximum atomic E-state index is 12.0. The van der Waals surface area contributed by atoms with Crippen LogP contribution in [0.2, 0.25) is 0 Å². The molecule has 0 fully saturated rings. The molecule has 22 heavy (non-hydrogen) atoms. The molecular formula is C17H26N2O3. The number of hydrogen-bond acceptors (Lipinski definition) is 3. The molecule has 0 radical (unpaired) electrons. The Kier molecular flexibility index (Phi) is 7.43. The van der Waals surface area contributed by atoms with E-state index in [2.05, 4.69) is 19.2 Å². The third-order valence-corrected chi connectivity index (χ3v) is 3.19. The molecule has 0 aliphatic rings. The molecule has 1 rings (SSSR count). The van der Waals surface area contributed by atoms with Crippen LogP contribution in [-0.2, 0) is 9.59 Å². The lowest BCUT2D eigenvalue weighted by Crippen LogP contribution is -2.40. The van der Waals surface area contributed by atoms with Crippen molar-refractivity contribution in [2.45, 2.75) is 34.1 Å². The van der Waals surface area contributed by atoms with Crippen LogP contribution in [0.25, 0.3) is 0 Å². The molecule has 0 saturated carbocycles. The zero-order chi connectivity index (χ0) is 16.5. The minimum atomic E-state index is -0.164. The van der Waals surface area contributed by atoms with E-state index in [4.69, 9.17) is 4.74 Å². The molecule has 1 aromatic rings. The van der Waals surface area contributed by atoms with Crippen molar-refractivity contribution in [3.8, 4) is 5.75 Å². The summed E-state index contributed by atoms with van der Waals surface area (Å²) in [5.41, 5.74) is 0.690. The molecule has 0 aliphatic carbocycles. The monoisotopic (exact) mass is 306 g/mol. The lowest BCUT2D eigenvalue weighted by Gasteiger charge is -2.21. The summed E-state index contributed by atoms with van der Waals surface area (Å²) in [6.07, 6.45) is 0.925. The van der Waals surface area contributed by atoms with E-state index in [0.29, 0.717) is 24.8 Å². The van der Waals surface area contributed by atoms with E-state index >= 15 is 0 Å². The van der Waals surface area contributed by atoms with Crippen LogP contribution in [0.15, 0.2) is 24.3 Å². The van der Waals surface area contributed by atoms with Crippen LogP contribution in [0, 0.1) is 5.92 Å². The molecule has 0 aromatic heterocycles. The van der Waals surface area contributed by atoms with E-state index in [-0.39, 0.29) is 18.4 Å². The topological polar surface area (TPSA) is 58.6 Å². The van der Waals surface area contributed by atoms with Crippen molar-refractivity contribution in [2.75, 3.05) is 24.6 Å². The summed E-state index contributed by atoms with van der Waals surface area (Å²) < 4.78 is 5.37. The molecule has 5 heteroatoms. The Morgan fingerprint density at radius 3 is 2.36 bits per heavy atom. The van der Waals surface area contributed by atoms with Gasteiger partial charge in [-0.25, -0.2) is 0 Å². The second kappa shape index (κ2) is 9.07. The van der Waals surface area contributed by atoms with Crippen LogP contribution >= 0.6 is 0 Å². The van der Waals surface area contributed by atoms with Gasteiger partial charge >= 0.3 is 0 Å². The molecule has 122 valence electrons.